The Kier molecular flexibility index (Phi) is 5.29. The lowest BCUT2D eigenvalue weighted by atomic mass is 10.0. The summed E-state index contributed by atoms with van der Waals surface area (Å²) in [6.07, 6.45) is 8.97. The number of imidazole rings is 1. The maximum absolute atomic E-state index is 13.3. The molecule has 1 aliphatic heterocycles. The largest absolute Gasteiger partial charge is 0.343 e. The van der Waals surface area contributed by atoms with Crippen LogP contribution in [0.5, 0.6) is 0 Å². The predicted molar refractivity (Wildman–Crippen MR) is 110 cm³/mol. The number of amides is 1. The molecule has 0 radical (unpaired) electrons. The number of rotatable bonds is 5. The number of fused-ring (bicyclic) bond motifs is 1. The summed E-state index contributed by atoms with van der Waals surface area (Å²) in [7, 11) is 0. The van der Waals surface area contributed by atoms with Crippen LogP contribution in [0.2, 0.25) is 0 Å². The molecule has 1 saturated heterocycles. The lowest BCUT2D eigenvalue weighted by molar-refractivity contribution is -0.129. The third-order valence-electron chi connectivity index (χ3n) is 5.43. The third-order valence-corrected chi connectivity index (χ3v) is 5.43. The molecule has 0 aromatic carbocycles. The van der Waals surface area contributed by atoms with Crippen molar-refractivity contribution in [3.8, 4) is 0 Å². The van der Waals surface area contributed by atoms with Crippen molar-refractivity contribution in [3.63, 3.8) is 0 Å². The Balaban J connectivity index is 1.53. The second kappa shape index (κ2) is 7.88. The lowest BCUT2D eigenvalue weighted by Gasteiger charge is -2.37. The van der Waals surface area contributed by atoms with Crippen molar-refractivity contribution in [1.29, 1.82) is 0 Å². The quantitative estimate of drug-likeness (QED) is 0.679. The van der Waals surface area contributed by atoms with E-state index in [1.165, 1.54) is 6.33 Å². The van der Waals surface area contributed by atoms with Crippen LogP contribution in [-0.2, 0) is 16.9 Å². The molecule has 3 aromatic heterocycles. The van der Waals surface area contributed by atoms with Gasteiger partial charge < -0.3 is 15.0 Å². The summed E-state index contributed by atoms with van der Waals surface area (Å²) in [6, 6.07) is 3.79. The van der Waals surface area contributed by atoms with Gasteiger partial charge in [0.2, 0.25) is 5.91 Å². The molecule has 152 valence electrons. The monoisotopic (exact) mass is 393 g/mol. The number of nitrogens with zero attached hydrogens (tertiary/aromatic N) is 5. The second-order valence-corrected chi connectivity index (χ2v) is 8.08. The smallest absolute Gasteiger partial charge is 0.239 e. The van der Waals surface area contributed by atoms with Crippen LogP contribution in [0.3, 0.4) is 0 Å². The first-order chi connectivity index (χ1) is 14.0. The maximum atomic E-state index is 13.3. The minimum absolute atomic E-state index is 0.0107. The number of hydrogen-bond acceptors (Lipinski definition) is 6. The fraction of sp³-hybridized carbons (Fsp3) is 0.429. The van der Waals surface area contributed by atoms with E-state index in [4.69, 9.17) is 0 Å². The van der Waals surface area contributed by atoms with Gasteiger partial charge in [0.05, 0.1) is 17.3 Å². The van der Waals surface area contributed by atoms with E-state index in [0.29, 0.717) is 13.1 Å². The number of aromatic nitrogens is 4. The summed E-state index contributed by atoms with van der Waals surface area (Å²) in [5.41, 5.74) is 2.59. The summed E-state index contributed by atoms with van der Waals surface area (Å²) < 4.78 is 2.05. The van der Waals surface area contributed by atoms with Crippen molar-refractivity contribution in [2.24, 2.45) is 0 Å². The van der Waals surface area contributed by atoms with Crippen LogP contribution in [0.15, 0.2) is 43.2 Å². The molecule has 3 aromatic rings. The number of aryl methyl sites for hydroxylation is 1. The molecule has 8 heteroatoms. The first-order valence-corrected chi connectivity index (χ1v) is 9.89. The molecule has 0 spiro atoms. The normalized spacial score (nSPS) is 18.1. The molecule has 8 nitrogen and oxygen atoms in total. The predicted octanol–water partition coefficient (Wildman–Crippen LogP) is 1.26. The van der Waals surface area contributed by atoms with Crippen LogP contribution in [0, 0.1) is 6.92 Å². The topological polar surface area (TPSA) is 87.5 Å². The first kappa shape index (κ1) is 19.5. The first-order valence-electron chi connectivity index (χ1n) is 9.89. The highest BCUT2D eigenvalue weighted by atomic mass is 16.2. The van der Waals surface area contributed by atoms with E-state index in [2.05, 4.69) is 43.5 Å². The molecule has 0 saturated carbocycles. The highest BCUT2D eigenvalue weighted by Crippen LogP contribution is 2.22. The number of hydrogen-bond donors (Lipinski definition) is 2. The minimum Gasteiger partial charge on any atom is -0.343 e. The summed E-state index contributed by atoms with van der Waals surface area (Å²) in [6.45, 7) is 8.94. The van der Waals surface area contributed by atoms with E-state index in [0.717, 1.165) is 35.6 Å². The number of carbonyl (C=O) groups is 1. The highest BCUT2D eigenvalue weighted by Gasteiger charge is 2.34. The average molecular weight is 393 g/mol. The zero-order chi connectivity index (χ0) is 20.4. The second-order valence-electron chi connectivity index (χ2n) is 8.08. The van der Waals surface area contributed by atoms with Crippen LogP contribution >= 0.6 is 0 Å². The van der Waals surface area contributed by atoms with E-state index in [1.54, 1.807) is 12.4 Å². The van der Waals surface area contributed by atoms with Crippen molar-refractivity contribution < 1.29 is 4.79 Å². The Bertz CT molecular complexity index is 999. The maximum Gasteiger partial charge on any atom is 0.239 e. The molecule has 1 fully saturated rings. The van der Waals surface area contributed by atoms with Gasteiger partial charge in [-0.1, -0.05) is 6.07 Å². The van der Waals surface area contributed by atoms with Gasteiger partial charge in [-0.25, -0.2) is 15.0 Å². The molecule has 1 atom stereocenters. The van der Waals surface area contributed by atoms with Gasteiger partial charge in [0.1, 0.15) is 18.2 Å². The van der Waals surface area contributed by atoms with Crippen molar-refractivity contribution in [3.05, 3.63) is 60.2 Å². The van der Waals surface area contributed by atoms with Gasteiger partial charge in [-0.2, -0.15) is 0 Å². The molecule has 2 N–H and O–H groups in total. The molecular formula is C21H27N7O. The Morgan fingerprint density at radius 2 is 2.10 bits per heavy atom. The van der Waals surface area contributed by atoms with Crippen LogP contribution in [0.4, 0.5) is 0 Å². The molecular weight excluding hydrogens is 366 g/mol. The van der Waals surface area contributed by atoms with Gasteiger partial charge in [0.15, 0.2) is 0 Å². The standard InChI is InChI=1S/C21H27N7O/c1-15-5-4-7-28-17(15)12-25-20(28)21(2,3)26-19(29)18-11-22-6-8-27(18)13-16-9-23-14-24-10-16/h4-5,7,9-10,12,14,18,22H,6,8,11,13H2,1-3H3,(H,26,29). The average Bonchev–Trinajstić information content (AvgIpc) is 3.15. The van der Waals surface area contributed by atoms with Crippen molar-refractivity contribution in [2.45, 2.75) is 38.9 Å². The molecule has 1 unspecified atom stereocenters. The van der Waals surface area contributed by atoms with Gasteiger partial charge in [0.25, 0.3) is 0 Å². The molecule has 4 rings (SSSR count). The number of piperazine rings is 1. The number of nitrogens with one attached hydrogen (secondary N) is 2. The molecule has 1 aliphatic rings. The Hall–Kier alpha value is -2.84. The highest BCUT2D eigenvalue weighted by molar-refractivity contribution is 5.83. The molecule has 0 bridgehead atoms. The number of pyridine rings is 1. The Morgan fingerprint density at radius 1 is 1.31 bits per heavy atom. The van der Waals surface area contributed by atoms with Gasteiger partial charge in [-0.15, -0.1) is 0 Å². The molecule has 0 aliphatic carbocycles. The van der Waals surface area contributed by atoms with Crippen LogP contribution < -0.4 is 10.6 Å². The summed E-state index contributed by atoms with van der Waals surface area (Å²) in [5.74, 6) is 0.805. The van der Waals surface area contributed by atoms with E-state index in [1.807, 2.05) is 36.7 Å². The fourth-order valence-corrected chi connectivity index (χ4v) is 3.91. The zero-order valence-electron chi connectivity index (χ0n) is 17.1. The zero-order valence-corrected chi connectivity index (χ0v) is 17.1. The van der Waals surface area contributed by atoms with Crippen molar-refractivity contribution in [2.75, 3.05) is 19.6 Å². The number of carbonyl (C=O) groups excluding carboxylic acids is 1. The lowest BCUT2D eigenvalue weighted by Crippen LogP contribution is -2.59. The van der Waals surface area contributed by atoms with Crippen molar-refractivity contribution in [1.82, 2.24) is 34.9 Å². The summed E-state index contributed by atoms with van der Waals surface area (Å²) >= 11 is 0. The third kappa shape index (κ3) is 3.99. The van der Waals surface area contributed by atoms with E-state index in [9.17, 15) is 4.79 Å². The Morgan fingerprint density at radius 3 is 2.90 bits per heavy atom. The summed E-state index contributed by atoms with van der Waals surface area (Å²) in [4.78, 5) is 28.2. The van der Waals surface area contributed by atoms with E-state index < -0.39 is 5.54 Å². The van der Waals surface area contributed by atoms with Gasteiger partial charge in [-0.3, -0.25) is 9.69 Å². The SMILES string of the molecule is Cc1cccn2c(C(C)(C)NC(=O)C3CNCCN3Cc3cncnc3)ncc12. The van der Waals surface area contributed by atoms with E-state index in [-0.39, 0.29) is 11.9 Å². The van der Waals surface area contributed by atoms with Gasteiger partial charge >= 0.3 is 0 Å². The van der Waals surface area contributed by atoms with Crippen molar-refractivity contribution >= 4 is 11.4 Å². The van der Waals surface area contributed by atoms with Gasteiger partial charge in [0, 0.05) is 50.3 Å². The van der Waals surface area contributed by atoms with Crippen LogP contribution in [0.1, 0.15) is 30.8 Å². The summed E-state index contributed by atoms with van der Waals surface area (Å²) in [5, 5.41) is 6.56. The molecule has 4 heterocycles. The minimum atomic E-state index is -0.615. The fourth-order valence-electron chi connectivity index (χ4n) is 3.91. The van der Waals surface area contributed by atoms with Crippen LogP contribution in [-0.4, -0.2) is 55.8 Å². The van der Waals surface area contributed by atoms with E-state index >= 15 is 0 Å². The molecule has 1 amide bonds. The Labute approximate surface area is 170 Å². The van der Waals surface area contributed by atoms with Gasteiger partial charge in [-0.05, 0) is 32.4 Å². The van der Waals surface area contributed by atoms with Crippen LogP contribution in [0.25, 0.3) is 5.52 Å². The molecule has 29 heavy (non-hydrogen) atoms.